The van der Waals surface area contributed by atoms with Crippen molar-refractivity contribution in [2.75, 3.05) is 6.61 Å². The van der Waals surface area contributed by atoms with Crippen molar-refractivity contribution in [3.05, 3.63) is 48.0 Å². The minimum atomic E-state index is 0.567. The van der Waals surface area contributed by atoms with Gasteiger partial charge in [0.1, 0.15) is 12.4 Å². The van der Waals surface area contributed by atoms with E-state index < -0.39 is 0 Å². The summed E-state index contributed by atoms with van der Waals surface area (Å²) in [6.45, 7) is 0.567. The molecule has 74 valence electrons. The molecule has 3 rings (SSSR count). The van der Waals surface area contributed by atoms with Crippen molar-refractivity contribution in [3.63, 3.8) is 0 Å². The van der Waals surface area contributed by atoms with Crippen molar-refractivity contribution in [1.82, 2.24) is 0 Å². The van der Waals surface area contributed by atoms with E-state index in [0.29, 0.717) is 6.61 Å². The number of nitrogens with two attached hydrogens (primary N) is 1. The maximum atomic E-state index is 5.99. The summed E-state index contributed by atoms with van der Waals surface area (Å²) in [5.74, 6) is 0.883. The number of benzene rings is 2. The Balaban J connectivity index is 2.43. The summed E-state index contributed by atoms with van der Waals surface area (Å²) in [6.07, 6.45) is 1.91. The van der Waals surface area contributed by atoms with Crippen LogP contribution in [-0.4, -0.2) is 6.61 Å². The number of hydrogen-bond donors (Lipinski definition) is 1. The topological polar surface area (TPSA) is 35.2 Å². The molecule has 0 aromatic heterocycles. The Morgan fingerprint density at radius 3 is 2.87 bits per heavy atom. The van der Waals surface area contributed by atoms with Crippen LogP contribution < -0.4 is 10.5 Å². The fourth-order valence-corrected chi connectivity index (χ4v) is 1.99. The molecule has 0 saturated heterocycles. The van der Waals surface area contributed by atoms with Crippen LogP contribution in [0.5, 0.6) is 5.75 Å². The molecule has 1 aliphatic heterocycles. The highest BCUT2D eigenvalue weighted by atomic mass is 16.5. The van der Waals surface area contributed by atoms with Gasteiger partial charge < -0.3 is 10.5 Å². The Morgan fingerprint density at radius 2 is 1.93 bits per heavy atom. The van der Waals surface area contributed by atoms with Crippen LogP contribution in [0, 0.1) is 0 Å². The monoisotopic (exact) mass is 197 g/mol. The number of rotatable bonds is 0. The van der Waals surface area contributed by atoms with Crippen LogP contribution in [0.15, 0.2) is 42.5 Å². The van der Waals surface area contributed by atoms with Gasteiger partial charge in [0.25, 0.3) is 0 Å². The Hall–Kier alpha value is -1.96. The first-order valence-corrected chi connectivity index (χ1v) is 4.97. The summed E-state index contributed by atoms with van der Waals surface area (Å²) in [6, 6.07) is 12.2. The largest absolute Gasteiger partial charge is 0.489 e. The van der Waals surface area contributed by atoms with Gasteiger partial charge in [0.05, 0.1) is 0 Å². The third-order valence-corrected chi connectivity index (χ3v) is 2.72. The molecule has 0 fully saturated rings. The van der Waals surface area contributed by atoms with Gasteiger partial charge in [-0.1, -0.05) is 30.3 Å². The van der Waals surface area contributed by atoms with Crippen LogP contribution >= 0.6 is 0 Å². The summed E-state index contributed by atoms with van der Waals surface area (Å²) in [5, 5.41) is 2.35. The zero-order chi connectivity index (χ0) is 10.3. The van der Waals surface area contributed by atoms with E-state index in [2.05, 4.69) is 18.2 Å². The lowest BCUT2D eigenvalue weighted by atomic mass is 10.00. The molecule has 1 aliphatic rings. The fourth-order valence-electron chi connectivity index (χ4n) is 1.99. The molecular formula is C13H11NO. The van der Waals surface area contributed by atoms with Gasteiger partial charge >= 0.3 is 0 Å². The highest BCUT2D eigenvalue weighted by Crippen LogP contribution is 2.33. The highest BCUT2D eigenvalue weighted by molar-refractivity contribution is 5.96. The summed E-state index contributed by atoms with van der Waals surface area (Å²) < 4.78 is 5.55. The zero-order valence-corrected chi connectivity index (χ0v) is 8.23. The zero-order valence-electron chi connectivity index (χ0n) is 8.23. The molecule has 15 heavy (non-hydrogen) atoms. The Labute approximate surface area is 88.0 Å². The molecule has 2 nitrogen and oxygen atoms in total. The number of fused-ring (bicyclic) bond motifs is 3. The third kappa shape index (κ3) is 1.18. The van der Waals surface area contributed by atoms with Crippen LogP contribution in [0.4, 0.5) is 0 Å². The van der Waals surface area contributed by atoms with E-state index in [-0.39, 0.29) is 0 Å². The van der Waals surface area contributed by atoms with Gasteiger partial charge in [-0.15, -0.1) is 0 Å². The molecule has 0 unspecified atom stereocenters. The summed E-state index contributed by atoms with van der Waals surface area (Å²) in [4.78, 5) is 0. The Bertz CT molecular complexity index is 557. The predicted octanol–water partition coefficient (Wildman–Crippen LogP) is 2.53. The molecule has 0 spiro atoms. The number of ether oxygens (including phenoxy) is 1. The molecule has 0 atom stereocenters. The SMILES string of the molecule is NC1=CCOc2ccc3ccccc3c21. The van der Waals surface area contributed by atoms with Crippen molar-refractivity contribution in [1.29, 1.82) is 0 Å². The quantitative estimate of drug-likeness (QED) is 0.704. The van der Waals surface area contributed by atoms with Crippen LogP contribution in [0.2, 0.25) is 0 Å². The van der Waals surface area contributed by atoms with Gasteiger partial charge in [0.15, 0.2) is 0 Å². The lowest BCUT2D eigenvalue weighted by Gasteiger charge is -2.17. The van der Waals surface area contributed by atoms with Crippen LogP contribution in [0.1, 0.15) is 5.56 Å². The van der Waals surface area contributed by atoms with Gasteiger partial charge in [-0.2, -0.15) is 0 Å². The first-order valence-electron chi connectivity index (χ1n) is 4.97. The fraction of sp³-hybridized carbons (Fsp3) is 0.0769. The average molecular weight is 197 g/mol. The van der Waals surface area contributed by atoms with E-state index in [9.17, 15) is 0 Å². The molecule has 0 saturated carbocycles. The van der Waals surface area contributed by atoms with E-state index in [1.807, 2.05) is 24.3 Å². The Morgan fingerprint density at radius 1 is 1.07 bits per heavy atom. The summed E-state index contributed by atoms with van der Waals surface area (Å²) in [7, 11) is 0. The van der Waals surface area contributed by atoms with Crippen molar-refractivity contribution < 1.29 is 4.74 Å². The van der Waals surface area contributed by atoms with E-state index in [4.69, 9.17) is 10.5 Å². The van der Waals surface area contributed by atoms with Gasteiger partial charge in [-0.25, -0.2) is 0 Å². The molecule has 0 radical (unpaired) electrons. The van der Waals surface area contributed by atoms with Gasteiger partial charge in [0, 0.05) is 11.3 Å². The van der Waals surface area contributed by atoms with E-state index in [1.165, 1.54) is 5.39 Å². The van der Waals surface area contributed by atoms with Crippen LogP contribution in [0.3, 0.4) is 0 Å². The van der Waals surface area contributed by atoms with Crippen molar-refractivity contribution in [3.8, 4) is 5.75 Å². The normalized spacial score (nSPS) is 14.3. The molecule has 1 heterocycles. The second-order valence-electron chi connectivity index (χ2n) is 3.63. The number of hydrogen-bond acceptors (Lipinski definition) is 2. The van der Waals surface area contributed by atoms with E-state index in [1.54, 1.807) is 0 Å². The van der Waals surface area contributed by atoms with Gasteiger partial charge in [-0.05, 0) is 22.9 Å². The second-order valence-corrected chi connectivity index (χ2v) is 3.63. The first kappa shape index (κ1) is 8.36. The molecular weight excluding hydrogens is 186 g/mol. The second kappa shape index (κ2) is 3.02. The van der Waals surface area contributed by atoms with Crippen molar-refractivity contribution in [2.45, 2.75) is 0 Å². The predicted molar refractivity (Wildman–Crippen MR) is 61.6 cm³/mol. The molecule has 2 aromatic rings. The van der Waals surface area contributed by atoms with E-state index >= 15 is 0 Å². The standard InChI is InChI=1S/C13H11NO/c14-11-7-8-15-12-6-5-9-3-1-2-4-10(9)13(11)12/h1-7H,8,14H2. The van der Waals surface area contributed by atoms with Gasteiger partial charge in [-0.3, -0.25) is 0 Å². The minimum Gasteiger partial charge on any atom is -0.489 e. The molecule has 2 N–H and O–H groups in total. The van der Waals surface area contributed by atoms with E-state index in [0.717, 1.165) is 22.4 Å². The maximum absolute atomic E-state index is 5.99. The van der Waals surface area contributed by atoms with Crippen LogP contribution in [0.25, 0.3) is 16.5 Å². The molecule has 0 aliphatic carbocycles. The van der Waals surface area contributed by atoms with Crippen molar-refractivity contribution in [2.24, 2.45) is 5.73 Å². The third-order valence-electron chi connectivity index (χ3n) is 2.72. The van der Waals surface area contributed by atoms with Crippen LogP contribution in [-0.2, 0) is 0 Å². The molecule has 2 heteroatoms. The summed E-state index contributed by atoms with van der Waals surface area (Å²) >= 11 is 0. The molecule has 0 amide bonds. The molecule has 2 aromatic carbocycles. The molecule has 0 bridgehead atoms. The minimum absolute atomic E-state index is 0.567. The maximum Gasteiger partial charge on any atom is 0.129 e. The highest BCUT2D eigenvalue weighted by Gasteiger charge is 2.13. The summed E-state index contributed by atoms with van der Waals surface area (Å²) in [5.41, 5.74) is 7.83. The Kier molecular flexibility index (Phi) is 1.68. The average Bonchev–Trinajstić information content (AvgIpc) is 2.29. The van der Waals surface area contributed by atoms with Gasteiger partial charge in [0.2, 0.25) is 0 Å². The smallest absolute Gasteiger partial charge is 0.129 e. The first-order chi connectivity index (χ1) is 7.36. The lowest BCUT2D eigenvalue weighted by molar-refractivity contribution is 0.358. The lowest BCUT2D eigenvalue weighted by Crippen LogP contribution is -2.09. The van der Waals surface area contributed by atoms with Crippen molar-refractivity contribution >= 4 is 16.5 Å².